The van der Waals surface area contributed by atoms with Gasteiger partial charge in [0.2, 0.25) is 0 Å². The van der Waals surface area contributed by atoms with Crippen LogP contribution < -0.4 is 11.5 Å². The van der Waals surface area contributed by atoms with Crippen molar-refractivity contribution in [2.45, 2.75) is 39.5 Å². The number of benzene rings is 1. The highest BCUT2D eigenvalue weighted by atomic mass is 14.6. The molecule has 0 fully saturated rings. The average Bonchev–Trinajstić information content (AvgIpc) is 2.16. The zero-order chi connectivity index (χ0) is 12.1. The molecule has 2 nitrogen and oxygen atoms in total. The molecule has 0 saturated carbocycles. The standard InChI is InChI=1S/C14H22N2/c1-4-5-6-7-12-9-13(16)8-10(2)14(12)11(3)15/h8-9H,3-7,15-16H2,1-2H3. The highest BCUT2D eigenvalue weighted by molar-refractivity contribution is 5.69. The van der Waals surface area contributed by atoms with Gasteiger partial charge < -0.3 is 11.5 Å². The van der Waals surface area contributed by atoms with Crippen LogP contribution in [0.15, 0.2) is 18.7 Å². The first-order valence-electron chi connectivity index (χ1n) is 5.90. The van der Waals surface area contributed by atoms with E-state index in [1.807, 2.05) is 19.1 Å². The van der Waals surface area contributed by atoms with Crippen LogP contribution in [0.1, 0.15) is 42.9 Å². The first-order chi connectivity index (χ1) is 7.56. The third-order valence-corrected chi connectivity index (χ3v) is 2.81. The molecule has 0 aliphatic heterocycles. The quantitative estimate of drug-likeness (QED) is 0.589. The minimum atomic E-state index is 0.643. The molecule has 0 atom stereocenters. The summed E-state index contributed by atoms with van der Waals surface area (Å²) in [5, 5.41) is 0. The minimum Gasteiger partial charge on any atom is -0.399 e. The topological polar surface area (TPSA) is 52.0 Å². The predicted molar refractivity (Wildman–Crippen MR) is 72.0 cm³/mol. The summed E-state index contributed by atoms with van der Waals surface area (Å²) in [5.41, 5.74) is 16.6. The summed E-state index contributed by atoms with van der Waals surface area (Å²) in [5.74, 6) is 0. The van der Waals surface area contributed by atoms with E-state index in [2.05, 4.69) is 13.5 Å². The Bertz CT molecular complexity index is 381. The van der Waals surface area contributed by atoms with Crippen LogP contribution in [0.25, 0.3) is 5.70 Å². The lowest BCUT2D eigenvalue weighted by atomic mass is 9.95. The van der Waals surface area contributed by atoms with E-state index in [0.717, 1.165) is 23.2 Å². The maximum absolute atomic E-state index is 5.86. The van der Waals surface area contributed by atoms with Gasteiger partial charge in [-0.2, -0.15) is 0 Å². The highest BCUT2D eigenvalue weighted by Crippen LogP contribution is 2.24. The van der Waals surface area contributed by atoms with Gasteiger partial charge in [-0.3, -0.25) is 0 Å². The Balaban J connectivity index is 2.99. The van der Waals surface area contributed by atoms with Gasteiger partial charge in [0.05, 0.1) is 0 Å². The average molecular weight is 218 g/mol. The molecule has 1 aromatic carbocycles. The molecule has 0 aliphatic rings. The van der Waals surface area contributed by atoms with E-state index >= 15 is 0 Å². The first-order valence-corrected chi connectivity index (χ1v) is 5.90. The largest absolute Gasteiger partial charge is 0.399 e. The number of hydrogen-bond donors (Lipinski definition) is 2. The Labute approximate surface area is 98.3 Å². The Hall–Kier alpha value is -1.44. The van der Waals surface area contributed by atoms with E-state index < -0.39 is 0 Å². The van der Waals surface area contributed by atoms with Crippen LogP contribution in [0.3, 0.4) is 0 Å². The Morgan fingerprint density at radius 1 is 1.31 bits per heavy atom. The number of anilines is 1. The maximum Gasteiger partial charge on any atom is 0.0320 e. The molecular weight excluding hydrogens is 196 g/mol. The molecule has 0 radical (unpaired) electrons. The lowest BCUT2D eigenvalue weighted by Crippen LogP contribution is -2.04. The summed E-state index contributed by atoms with van der Waals surface area (Å²) in [6.45, 7) is 8.08. The van der Waals surface area contributed by atoms with E-state index in [1.54, 1.807) is 0 Å². The van der Waals surface area contributed by atoms with Gasteiger partial charge >= 0.3 is 0 Å². The fourth-order valence-corrected chi connectivity index (χ4v) is 2.11. The van der Waals surface area contributed by atoms with Gasteiger partial charge in [-0.1, -0.05) is 26.3 Å². The summed E-state index contributed by atoms with van der Waals surface area (Å²) in [6, 6.07) is 3.98. The molecule has 4 N–H and O–H groups in total. The van der Waals surface area contributed by atoms with E-state index in [9.17, 15) is 0 Å². The summed E-state index contributed by atoms with van der Waals surface area (Å²) in [6.07, 6.45) is 4.68. The number of hydrogen-bond acceptors (Lipinski definition) is 2. The molecular formula is C14H22N2. The number of unbranched alkanes of at least 4 members (excludes halogenated alkanes) is 2. The van der Waals surface area contributed by atoms with E-state index in [1.165, 1.54) is 24.8 Å². The Morgan fingerprint density at radius 3 is 2.56 bits per heavy atom. The second kappa shape index (κ2) is 5.59. The number of aryl methyl sites for hydroxylation is 2. The second-order valence-electron chi connectivity index (χ2n) is 4.35. The molecule has 0 amide bonds. The van der Waals surface area contributed by atoms with Crippen LogP contribution in [-0.4, -0.2) is 0 Å². The van der Waals surface area contributed by atoms with Gasteiger partial charge in [0.25, 0.3) is 0 Å². The molecule has 0 bridgehead atoms. The third kappa shape index (κ3) is 3.02. The molecule has 2 heteroatoms. The zero-order valence-corrected chi connectivity index (χ0v) is 10.3. The highest BCUT2D eigenvalue weighted by Gasteiger charge is 2.08. The fraction of sp³-hybridized carbons (Fsp3) is 0.429. The molecule has 0 spiro atoms. The molecule has 1 rings (SSSR count). The Morgan fingerprint density at radius 2 is 2.00 bits per heavy atom. The molecule has 0 aliphatic carbocycles. The minimum absolute atomic E-state index is 0.643. The van der Waals surface area contributed by atoms with Crippen molar-refractivity contribution in [3.05, 3.63) is 35.4 Å². The third-order valence-electron chi connectivity index (χ3n) is 2.81. The summed E-state index contributed by atoms with van der Waals surface area (Å²) in [4.78, 5) is 0. The smallest absolute Gasteiger partial charge is 0.0320 e. The lowest BCUT2D eigenvalue weighted by molar-refractivity contribution is 0.716. The van der Waals surface area contributed by atoms with Gasteiger partial charge in [-0.15, -0.1) is 0 Å². The normalized spacial score (nSPS) is 10.4. The lowest BCUT2D eigenvalue weighted by Gasteiger charge is -2.13. The van der Waals surface area contributed by atoms with Crippen molar-refractivity contribution in [1.82, 2.24) is 0 Å². The number of nitrogens with two attached hydrogens (primary N) is 2. The van der Waals surface area contributed by atoms with E-state index in [4.69, 9.17) is 11.5 Å². The van der Waals surface area contributed by atoms with Crippen molar-refractivity contribution in [1.29, 1.82) is 0 Å². The second-order valence-corrected chi connectivity index (χ2v) is 4.35. The van der Waals surface area contributed by atoms with Crippen LogP contribution in [0.2, 0.25) is 0 Å². The first kappa shape index (κ1) is 12.6. The maximum atomic E-state index is 5.86. The predicted octanol–water partition coefficient (Wildman–Crippen LogP) is 3.24. The van der Waals surface area contributed by atoms with Gasteiger partial charge in [0.1, 0.15) is 0 Å². The van der Waals surface area contributed by atoms with Gasteiger partial charge in [0, 0.05) is 16.9 Å². The summed E-state index contributed by atoms with van der Waals surface area (Å²) >= 11 is 0. The molecule has 88 valence electrons. The molecule has 16 heavy (non-hydrogen) atoms. The molecule has 1 aromatic rings. The van der Waals surface area contributed by atoms with E-state index in [-0.39, 0.29) is 0 Å². The SMILES string of the molecule is C=C(N)c1c(C)cc(N)cc1CCCCC. The number of rotatable bonds is 5. The van der Waals surface area contributed by atoms with Gasteiger partial charge in [-0.25, -0.2) is 0 Å². The Kier molecular flexibility index (Phi) is 4.41. The van der Waals surface area contributed by atoms with Crippen molar-refractivity contribution in [3.8, 4) is 0 Å². The number of nitrogen functional groups attached to an aromatic ring is 1. The van der Waals surface area contributed by atoms with Crippen molar-refractivity contribution in [3.63, 3.8) is 0 Å². The van der Waals surface area contributed by atoms with Crippen molar-refractivity contribution >= 4 is 11.4 Å². The van der Waals surface area contributed by atoms with Crippen molar-refractivity contribution in [2.24, 2.45) is 5.73 Å². The monoisotopic (exact) mass is 218 g/mol. The van der Waals surface area contributed by atoms with Crippen LogP contribution in [0, 0.1) is 6.92 Å². The van der Waals surface area contributed by atoms with Crippen LogP contribution in [0.5, 0.6) is 0 Å². The molecule has 0 saturated heterocycles. The van der Waals surface area contributed by atoms with Crippen LogP contribution in [-0.2, 0) is 6.42 Å². The molecule has 0 heterocycles. The van der Waals surface area contributed by atoms with Gasteiger partial charge in [0.15, 0.2) is 0 Å². The van der Waals surface area contributed by atoms with Gasteiger partial charge in [-0.05, 0) is 43.0 Å². The zero-order valence-electron chi connectivity index (χ0n) is 10.3. The fourth-order valence-electron chi connectivity index (χ4n) is 2.11. The molecule has 0 unspecified atom stereocenters. The van der Waals surface area contributed by atoms with Crippen LogP contribution in [0.4, 0.5) is 5.69 Å². The van der Waals surface area contributed by atoms with Crippen molar-refractivity contribution in [2.75, 3.05) is 5.73 Å². The summed E-state index contributed by atoms with van der Waals surface area (Å²) < 4.78 is 0. The summed E-state index contributed by atoms with van der Waals surface area (Å²) in [7, 11) is 0. The van der Waals surface area contributed by atoms with E-state index in [0.29, 0.717) is 5.70 Å². The van der Waals surface area contributed by atoms with Crippen molar-refractivity contribution < 1.29 is 0 Å². The molecule has 0 aromatic heterocycles. The van der Waals surface area contributed by atoms with Crippen LogP contribution >= 0.6 is 0 Å².